The first kappa shape index (κ1) is 21.6. The minimum atomic E-state index is -0.758. The molecular formula is C21H25ClN2O4. The average molecular weight is 405 g/mol. The van der Waals surface area contributed by atoms with Gasteiger partial charge in [-0.3, -0.25) is 9.59 Å². The fourth-order valence-electron chi connectivity index (χ4n) is 2.68. The van der Waals surface area contributed by atoms with Crippen molar-refractivity contribution in [3.05, 3.63) is 53.1 Å². The second-order valence-electron chi connectivity index (χ2n) is 6.46. The average Bonchev–Trinajstić information content (AvgIpc) is 2.66. The molecule has 150 valence electrons. The maximum atomic E-state index is 12.9. The summed E-state index contributed by atoms with van der Waals surface area (Å²) in [4.78, 5) is 25.6. The van der Waals surface area contributed by atoms with Crippen LogP contribution in [0.4, 0.5) is 5.69 Å². The van der Waals surface area contributed by atoms with Crippen molar-refractivity contribution in [2.24, 2.45) is 5.92 Å². The second kappa shape index (κ2) is 9.99. The lowest BCUT2D eigenvalue weighted by atomic mass is 10.0. The lowest BCUT2D eigenvalue weighted by molar-refractivity contribution is -0.118. The van der Waals surface area contributed by atoms with Crippen LogP contribution in [0.15, 0.2) is 42.5 Å². The number of benzene rings is 2. The molecule has 2 aromatic rings. The molecule has 28 heavy (non-hydrogen) atoms. The third kappa shape index (κ3) is 5.39. The highest BCUT2D eigenvalue weighted by molar-refractivity contribution is 6.31. The highest BCUT2D eigenvalue weighted by atomic mass is 35.5. The fourth-order valence-corrected chi connectivity index (χ4v) is 2.85. The lowest BCUT2D eigenvalue weighted by Crippen LogP contribution is -2.47. The third-order valence-electron chi connectivity index (χ3n) is 4.09. The number of methoxy groups -OCH3 is 1. The SMILES string of the molecule is CCOc1ccccc1C(=O)NC(C(=O)Nc1cc(Cl)ccc1OC)C(C)C. The van der Waals surface area contributed by atoms with E-state index in [-0.39, 0.29) is 17.7 Å². The number of carbonyl (C=O) groups is 2. The van der Waals surface area contributed by atoms with Crippen LogP contribution in [-0.4, -0.2) is 31.6 Å². The number of amides is 2. The monoisotopic (exact) mass is 404 g/mol. The number of anilines is 1. The first-order valence-corrected chi connectivity index (χ1v) is 9.42. The summed E-state index contributed by atoms with van der Waals surface area (Å²) < 4.78 is 10.8. The molecule has 0 aliphatic heterocycles. The Labute approximate surface area is 170 Å². The van der Waals surface area contributed by atoms with Crippen LogP contribution in [0, 0.1) is 5.92 Å². The van der Waals surface area contributed by atoms with Crippen LogP contribution >= 0.6 is 11.6 Å². The number of halogens is 1. The van der Waals surface area contributed by atoms with Gasteiger partial charge in [0.2, 0.25) is 5.91 Å². The van der Waals surface area contributed by atoms with Gasteiger partial charge in [-0.25, -0.2) is 0 Å². The molecule has 0 fully saturated rings. The lowest BCUT2D eigenvalue weighted by Gasteiger charge is -2.23. The van der Waals surface area contributed by atoms with Gasteiger partial charge in [0.25, 0.3) is 5.91 Å². The minimum Gasteiger partial charge on any atom is -0.495 e. The Balaban J connectivity index is 2.21. The van der Waals surface area contributed by atoms with E-state index in [4.69, 9.17) is 21.1 Å². The number of hydrogen-bond donors (Lipinski definition) is 2. The normalized spacial score (nSPS) is 11.6. The Morgan fingerprint density at radius 3 is 2.46 bits per heavy atom. The number of carbonyl (C=O) groups excluding carboxylic acids is 2. The van der Waals surface area contributed by atoms with E-state index < -0.39 is 6.04 Å². The summed E-state index contributed by atoms with van der Waals surface area (Å²) >= 11 is 6.02. The van der Waals surface area contributed by atoms with E-state index in [0.29, 0.717) is 34.4 Å². The standard InChI is InChI=1S/C21H25ClN2O4/c1-5-28-17-9-7-6-8-15(17)20(25)24-19(13(2)3)21(26)23-16-12-14(22)10-11-18(16)27-4/h6-13,19H,5H2,1-4H3,(H,23,26)(H,24,25). The highest BCUT2D eigenvalue weighted by Gasteiger charge is 2.26. The first-order valence-electron chi connectivity index (χ1n) is 9.04. The third-order valence-corrected chi connectivity index (χ3v) is 4.32. The molecule has 2 aromatic carbocycles. The van der Waals surface area contributed by atoms with Crippen molar-refractivity contribution in [1.82, 2.24) is 5.32 Å². The topological polar surface area (TPSA) is 76.7 Å². The van der Waals surface area contributed by atoms with E-state index in [1.807, 2.05) is 20.8 Å². The largest absolute Gasteiger partial charge is 0.495 e. The van der Waals surface area contributed by atoms with Crippen LogP contribution in [0.1, 0.15) is 31.1 Å². The molecule has 1 unspecified atom stereocenters. The molecule has 0 heterocycles. The molecule has 2 rings (SSSR count). The summed E-state index contributed by atoms with van der Waals surface area (Å²) in [6, 6.07) is 11.1. The molecule has 2 amide bonds. The Hall–Kier alpha value is -2.73. The Morgan fingerprint density at radius 1 is 1.11 bits per heavy atom. The van der Waals surface area contributed by atoms with Crippen LogP contribution in [0.2, 0.25) is 5.02 Å². The van der Waals surface area contributed by atoms with Crippen LogP contribution in [0.5, 0.6) is 11.5 Å². The molecule has 0 saturated carbocycles. The van der Waals surface area contributed by atoms with Crippen molar-refractivity contribution < 1.29 is 19.1 Å². The van der Waals surface area contributed by atoms with E-state index in [1.165, 1.54) is 7.11 Å². The predicted molar refractivity (Wildman–Crippen MR) is 110 cm³/mol. The molecule has 2 N–H and O–H groups in total. The molecular weight excluding hydrogens is 380 g/mol. The molecule has 0 aliphatic rings. The number of rotatable bonds is 8. The molecule has 0 radical (unpaired) electrons. The van der Waals surface area contributed by atoms with Crippen LogP contribution in [0.25, 0.3) is 0 Å². The Bertz CT molecular complexity index is 839. The molecule has 7 heteroatoms. The number of para-hydroxylation sites is 1. The molecule has 0 saturated heterocycles. The zero-order valence-electron chi connectivity index (χ0n) is 16.4. The molecule has 6 nitrogen and oxygen atoms in total. The van der Waals surface area contributed by atoms with Crippen molar-refractivity contribution in [3.63, 3.8) is 0 Å². The zero-order chi connectivity index (χ0) is 20.7. The Morgan fingerprint density at radius 2 is 1.82 bits per heavy atom. The van der Waals surface area contributed by atoms with Gasteiger partial charge in [-0.15, -0.1) is 0 Å². The molecule has 0 aliphatic carbocycles. The van der Waals surface area contributed by atoms with Gasteiger partial charge in [-0.1, -0.05) is 37.6 Å². The summed E-state index contributed by atoms with van der Waals surface area (Å²) in [6.45, 7) is 5.99. The maximum Gasteiger partial charge on any atom is 0.255 e. The van der Waals surface area contributed by atoms with Crippen molar-refractivity contribution >= 4 is 29.1 Å². The van der Waals surface area contributed by atoms with E-state index in [9.17, 15) is 9.59 Å². The van der Waals surface area contributed by atoms with Gasteiger partial charge in [0, 0.05) is 5.02 Å². The van der Waals surface area contributed by atoms with Crippen molar-refractivity contribution in [1.29, 1.82) is 0 Å². The van der Waals surface area contributed by atoms with Crippen LogP contribution < -0.4 is 20.1 Å². The maximum absolute atomic E-state index is 12.9. The van der Waals surface area contributed by atoms with Gasteiger partial charge in [-0.05, 0) is 43.2 Å². The van der Waals surface area contributed by atoms with Crippen molar-refractivity contribution in [2.75, 3.05) is 19.0 Å². The van der Waals surface area contributed by atoms with E-state index in [2.05, 4.69) is 10.6 Å². The summed E-state index contributed by atoms with van der Waals surface area (Å²) in [5, 5.41) is 6.05. The van der Waals surface area contributed by atoms with Crippen LogP contribution in [0.3, 0.4) is 0 Å². The smallest absolute Gasteiger partial charge is 0.255 e. The summed E-state index contributed by atoms with van der Waals surface area (Å²) in [5.41, 5.74) is 0.817. The minimum absolute atomic E-state index is 0.145. The van der Waals surface area contributed by atoms with Gasteiger partial charge >= 0.3 is 0 Å². The van der Waals surface area contributed by atoms with Gasteiger partial charge in [-0.2, -0.15) is 0 Å². The molecule has 0 spiro atoms. The van der Waals surface area contributed by atoms with Gasteiger partial charge in [0.1, 0.15) is 17.5 Å². The molecule has 1 atom stereocenters. The summed E-state index contributed by atoms with van der Waals surface area (Å²) in [6.07, 6.45) is 0. The summed E-state index contributed by atoms with van der Waals surface area (Å²) in [7, 11) is 1.51. The number of hydrogen-bond acceptors (Lipinski definition) is 4. The number of ether oxygens (including phenoxy) is 2. The quantitative estimate of drug-likeness (QED) is 0.693. The number of nitrogens with one attached hydrogen (secondary N) is 2. The Kier molecular flexibility index (Phi) is 7.70. The van der Waals surface area contributed by atoms with E-state index in [1.54, 1.807) is 42.5 Å². The second-order valence-corrected chi connectivity index (χ2v) is 6.89. The zero-order valence-corrected chi connectivity index (χ0v) is 17.2. The fraction of sp³-hybridized carbons (Fsp3) is 0.333. The summed E-state index contributed by atoms with van der Waals surface area (Å²) in [5.74, 6) is 0.0670. The van der Waals surface area contributed by atoms with E-state index >= 15 is 0 Å². The van der Waals surface area contributed by atoms with Gasteiger partial charge < -0.3 is 20.1 Å². The first-order chi connectivity index (χ1) is 13.4. The predicted octanol–water partition coefficient (Wildman–Crippen LogP) is 4.14. The molecule has 0 bridgehead atoms. The van der Waals surface area contributed by atoms with Crippen molar-refractivity contribution in [2.45, 2.75) is 26.8 Å². The van der Waals surface area contributed by atoms with Crippen molar-refractivity contribution in [3.8, 4) is 11.5 Å². The van der Waals surface area contributed by atoms with Crippen LogP contribution in [-0.2, 0) is 4.79 Å². The van der Waals surface area contributed by atoms with E-state index in [0.717, 1.165) is 0 Å². The molecule has 0 aromatic heterocycles. The van der Waals surface area contributed by atoms with Gasteiger partial charge in [0.15, 0.2) is 0 Å². The van der Waals surface area contributed by atoms with Gasteiger partial charge in [0.05, 0.1) is 25.0 Å². The highest BCUT2D eigenvalue weighted by Crippen LogP contribution is 2.28.